The van der Waals surface area contributed by atoms with Crippen LogP contribution in [0.3, 0.4) is 0 Å². The standard InChI is InChI=1S/C21H24F5N3O/c1-28-15(9-19(27-28)21(24,25)26)10-29-11-16(12-29)30-20-17(22)7-14(8-18(20)23)13-5-3-2-4-6-13/h7-9,13,16H,2-6,10-12H2,1H3. The van der Waals surface area contributed by atoms with E-state index in [9.17, 15) is 22.0 Å². The van der Waals surface area contributed by atoms with Gasteiger partial charge in [-0.15, -0.1) is 0 Å². The van der Waals surface area contributed by atoms with E-state index in [1.54, 1.807) is 0 Å². The van der Waals surface area contributed by atoms with Crippen molar-refractivity contribution in [3.63, 3.8) is 0 Å². The molecule has 1 saturated carbocycles. The molecule has 1 aromatic carbocycles. The number of halogens is 5. The van der Waals surface area contributed by atoms with Gasteiger partial charge in [0.05, 0.1) is 5.69 Å². The number of benzene rings is 1. The zero-order valence-corrected chi connectivity index (χ0v) is 16.7. The first-order valence-electron chi connectivity index (χ1n) is 10.2. The van der Waals surface area contributed by atoms with Crippen LogP contribution in [0.25, 0.3) is 0 Å². The Morgan fingerprint density at radius 2 is 1.67 bits per heavy atom. The van der Waals surface area contributed by atoms with Crippen molar-refractivity contribution in [3.05, 3.63) is 46.8 Å². The van der Waals surface area contributed by atoms with Crippen LogP contribution in [0.15, 0.2) is 18.2 Å². The Morgan fingerprint density at radius 1 is 1.03 bits per heavy atom. The lowest BCUT2D eigenvalue weighted by Crippen LogP contribution is -2.53. The molecular formula is C21H24F5N3O. The van der Waals surface area contributed by atoms with Gasteiger partial charge in [0.1, 0.15) is 6.10 Å². The van der Waals surface area contributed by atoms with Crippen molar-refractivity contribution in [2.75, 3.05) is 13.1 Å². The Labute approximate surface area is 171 Å². The number of aryl methyl sites for hydroxylation is 1. The van der Waals surface area contributed by atoms with Crippen molar-refractivity contribution in [2.24, 2.45) is 7.05 Å². The number of nitrogens with zero attached hydrogens (tertiary/aromatic N) is 3. The van der Waals surface area contributed by atoms with E-state index in [0.29, 0.717) is 24.3 Å². The average molecular weight is 429 g/mol. The van der Waals surface area contributed by atoms with Gasteiger partial charge in [0, 0.05) is 26.7 Å². The number of hydrogen-bond donors (Lipinski definition) is 0. The third kappa shape index (κ3) is 4.45. The number of aromatic nitrogens is 2. The van der Waals surface area contributed by atoms with E-state index in [-0.39, 0.29) is 18.2 Å². The van der Waals surface area contributed by atoms with Gasteiger partial charge in [-0.25, -0.2) is 8.78 Å². The van der Waals surface area contributed by atoms with Gasteiger partial charge in [-0.2, -0.15) is 18.3 Å². The molecule has 30 heavy (non-hydrogen) atoms. The van der Waals surface area contributed by atoms with Gasteiger partial charge in [-0.3, -0.25) is 9.58 Å². The fourth-order valence-corrected chi connectivity index (χ4v) is 4.28. The fraction of sp³-hybridized carbons (Fsp3) is 0.571. The first kappa shape index (κ1) is 21.1. The highest BCUT2D eigenvalue weighted by Gasteiger charge is 2.36. The van der Waals surface area contributed by atoms with E-state index in [4.69, 9.17) is 4.74 Å². The summed E-state index contributed by atoms with van der Waals surface area (Å²) in [6.07, 6.45) is 0.301. The summed E-state index contributed by atoms with van der Waals surface area (Å²) in [5, 5.41) is 3.48. The second-order valence-corrected chi connectivity index (χ2v) is 8.22. The number of ether oxygens (including phenoxy) is 1. The van der Waals surface area contributed by atoms with Crippen molar-refractivity contribution < 1.29 is 26.7 Å². The van der Waals surface area contributed by atoms with Gasteiger partial charge in [-0.1, -0.05) is 19.3 Å². The molecule has 0 atom stereocenters. The van der Waals surface area contributed by atoms with Crippen LogP contribution in [0.4, 0.5) is 22.0 Å². The molecule has 0 spiro atoms. The van der Waals surface area contributed by atoms with Crippen LogP contribution >= 0.6 is 0 Å². The average Bonchev–Trinajstić information content (AvgIpc) is 3.03. The Kier molecular flexibility index (Phi) is 5.74. The van der Waals surface area contributed by atoms with E-state index >= 15 is 0 Å². The van der Waals surface area contributed by atoms with Crippen LogP contribution in [0, 0.1) is 11.6 Å². The largest absolute Gasteiger partial charge is 0.482 e. The monoisotopic (exact) mass is 429 g/mol. The maximum Gasteiger partial charge on any atom is 0.435 e. The smallest absolute Gasteiger partial charge is 0.435 e. The predicted molar refractivity (Wildman–Crippen MR) is 100 cm³/mol. The quantitative estimate of drug-likeness (QED) is 0.625. The predicted octanol–water partition coefficient (Wildman–Crippen LogP) is 5.03. The number of likely N-dealkylation sites (tertiary alicyclic amines) is 1. The minimum Gasteiger partial charge on any atom is -0.482 e. The normalized spacial score (nSPS) is 19.1. The van der Waals surface area contributed by atoms with Gasteiger partial charge >= 0.3 is 6.18 Å². The first-order valence-corrected chi connectivity index (χ1v) is 10.2. The van der Waals surface area contributed by atoms with Crippen molar-refractivity contribution in [1.29, 1.82) is 0 Å². The Hall–Kier alpha value is -2.16. The van der Waals surface area contributed by atoms with E-state index in [1.807, 2.05) is 4.90 Å². The Morgan fingerprint density at radius 3 is 2.23 bits per heavy atom. The lowest BCUT2D eigenvalue weighted by Gasteiger charge is -2.39. The molecule has 2 aliphatic rings. The molecule has 0 amide bonds. The summed E-state index contributed by atoms with van der Waals surface area (Å²) in [5.41, 5.74) is 0.162. The molecular weight excluding hydrogens is 405 g/mol. The fourth-order valence-electron chi connectivity index (χ4n) is 4.28. The molecule has 0 N–H and O–H groups in total. The SMILES string of the molecule is Cn1nc(C(F)(F)F)cc1CN1CC(Oc2c(F)cc(C3CCCCC3)cc2F)C1. The molecule has 0 bridgehead atoms. The molecule has 2 fully saturated rings. The van der Waals surface area contributed by atoms with Crippen molar-refractivity contribution in [1.82, 2.24) is 14.7 Å². The van der Waals surface area contributed by atoms with Crippen molar-refractivity contribution in [3.8, 4) is 5.75 Å². The number of hydrogen-bond acceptors (Lipinski definition) is 3. The summed E-state index contributed by atoms with van der Waals surface area (Å²) in [4.78, 5) is 1.84. The van der Waals surface area contributed by atoms with E-state index in [0.717, 1.165) is 38.2 Å². The molecule has 4 nitrogen and oxygen atoms in total. The molecule has 1 saturated heterocycles. The maximum atomic E-state index is 14.5. The lowest BCUT2D eigenvalue weighted by molar-refractivity contribution is -0.141. The zero-order chi connectivity index (χ0) is 21.5. The van der Waals surface area contributed by atoms with Crippen molar-refractivity contribution >= 4 is 0 Å². The van der Waals surface area contributed by atoms with Gasteiger partial charge in [0.15, 0.2) is 23.1 Å². The topological polar surface area (TPSA) is 30.3 Å². The second kappa shape index (κ2) is 8.17. The Balaban J connectivity index is 1.34. The molecule has 0 radical (unpaired) electrons. The molecule has 1 aliphatic heterocycles. The first-order chi connectivity index (χ1) is 14.2. The highest BCUT2D eigenvalue weighted by atomic mass is 19.4. The maximum absolute atomic E-state index is 14.5. The van der Waals surface area contributed by atoms with Gasteiger partial charge in [0.25, 0.3) is 0 Å². The van der Waals surface area contributed by atoms with Gasteiger partial charge in [0.2, 0.25) is 0 Å². The van der Waals surface area contributed by atoms with E-state index < -0.39 is 29.6 Å². The van der Waals surface area contributed by atoms with Crippen molar-refractivity contribution in [2.45, 2.75) is 56.8 Å². The van der Waals surface area contributed by atoms with E-state index in [2.05, 4.69) is 5.10 Å². The second-order valence-electron chi connectivity index (χ2n) is 8.22. The zero-order valence-electron chi connectivity index (χ0n) is 16.7. The molecule has 164 valence electrons. The number of rotatable bonds is 5. The van der Waals surface area contributed by atoms with Gasteiger partial charge < -0.3 is 4.74 Å². The van der Waals surface area contributed by atoms with Crippen LogP contribution in [0.2, 0.25) is 0 Å². The van der Waals surface area contributed by atoms with Crippen LogP contribution < -0.4 is 4.74 Å². The summed E-state index contributed by atoms with van der Waals surface area (Å²) in [5.74, 6) is -1.58. The molecule has 1 aliphatic carbocycles. The highest BCUT2D eigenvalue weighted by Crippen LogP contribution is 2.36. The minimum atomic E-state index is -4.49. The molecule has 4 rings (SSSR count). The molecule has 1 aromatic heterocycles. The summed E-state index contributed by atoms with van der Waals surface area (Å²) >= 11 is 0. The highest BCUT2D eigenvalue weighted by molar-refractivity contribution is 5.33. The van der Waals surface area contributed by atoms with Crippen LogP contribution in [-0.4, -0.2) is 33.9 Å². The summed E-state index contributed by atoms with van der Waals surface area (Å²) < 4.78 is 74.0. The lowest BCUT2D eigenvalue weighted by atomic mass is 9.84. The van der Waals surface area contributed by atoms with Crippen LogP contribution in [0.1, 0.15) is 55.0 Å². The van der Waals surface area contributed by atoms with Gasteiger partial charge in [-0.05, 0) is 42.5 Å². The number of alkyl halides is 3. The third-order valence-corrected chi connectivity index (χ3v) is 5.96. The summed E-state index contributed by atoms with van der Waals surface area (Å²) in [7, 11) is 1.46. The summed E-state index contributed by atoms with van der Waals surface area (Å²) in [6, 6.07) is 3.76. The minimum absolute atomic E-state index is 0.191. The van der Waals surface area contributed by atoms with Crippen LogP contribution in [-0.2, 0) is 19.8 Å². The molecule has 0 unspecified atom stereocenters. The Bertz CT molecular complexity index is 876. The summed E-state index contributed by atoms with van der Waals surface area (Å²) in [6.45, 7) is 0.997. The van der Waals surface area contributed by atoms with E-state index in [1.165, 1.54) is 23.9 Å². The molecule has 2 aromatic rings. The molecule has 2 heterocycles. The molecule has 9 heteroatoms. The third-order valence-electron chi connectivity index (χ3n) is 5.96. The van der Waals surface area contributed by atoms with Crippen LogP contribution in [0.5, 0.6) is 5.75 Å².